The van der Waals surface area contributed by atoms with Gasteiger partial charge in [-0.3, -0.25) is 0 Å². The predicted molar refractivity (Wildman–Crippen MR) is 76.5 cm³/mol. The molecule has 0 heterocycles. The maximum atomic E-state index is 9.80. The molecule has 2 N–H and O–H groups in total. The second kappa shape index (κ2) is 6.38. The Kier molecular flexibility index (Phi) is 5.08. The zero-order valence-corrected chi connectivity index (χ0v) is 12.4. The van der Waals surface area contributed by atoms with Gasteiger partial charge in [0.05, 0.1) is 6.10 Å². The number of hydrogen-bond acceptors (Lipinski definition) is 2. The van der Waals surface area contributed by atoms with Crippen molar-refractivity contribution in [1.82, 2.24) is 5.32 Å². The van der Waals surface area contributed by atoms with Gasteiger partial charge >= 0.3 is 0 Å². The van der Waals surface area contributed by atoms with Crippen molar-refractivity contribution in [2.75, 3.05) is 0 Å². The Hall–Kier alpha value is -0.0800. The Bertz CT molecular complexity index is 253. The number of aliphatic hydroxyl groups excluding tert-OH is 1. The van der Waals surface area contributed by atoms with Gasteiger partial charge in [-0.1, -0.05) is 27.2 Å². The Morgan fingerprint density at radius 1 is 1.06 bits per heavy atom. The van der Waals surface area contributed by atoms with Gasteiger partial charge < -0.3 is 10.4 Å². The zero-order chi connectivity index (χ0) is 13.1. The molecule has 5 unspecified atom stereocenters. The third-order valence-electron chi connectivity index (χ3n) is 5.12. The van der Waals surface area contributed by atoms with E-state index in [1.54, 1.807) is 0 Å². The van der Waals surface area contributed by atoms with Crippen molar-refractivity contribution < 1.29 is 5.11 Å². The van der Waals surface area contributed by atoms with E-state index in [-0.39, 0.29) is 6.10 Å². The van der Waals surface area contributed by atoms with Crippen LogP contribution in [0.15, 0.2) is 0 Å². The highest BCUT2D eigenvalue weighted by atomic mass is 16.3. The van der Waals surface area contributed by atoms with Crippen LogP contribution in [0.25, 0.3) is 0 Å². The van der Waals surface area contributed by atoms with E-state index in [0.717, 1.165) is 30.6 Å². The van der Waals surface area contributed by atoms with Crippen LogP contribution in [0.1, 0.15) is 65.7 Å². The molecule has 0 aromatic rings. The van der Waals surface area contributed by atoms with E-state index in [1.807, 2.05) is 0 Å². The van der Waals surface area contributed by atoms with Crippen LogP contribution < -0.4 is 5.32 Å². The molecule has 2 saturated carbocycles. The first-order chi connectivity index (χ1) is 8.56. The third kappa shape index (κ3) is 3.71. The molecule has 0 radical (unpaired) electrons. The van der Waals surface area contributed by atoms with Crippen LogP contribution in [0, 0.1) is 17.8 Å². The Morgan fingerprint density at radius 3 is 2.50 bits per heavy atom. The van der Waals surface area contributed by atoms with E-state index >= 15 is 0 Å². The van der Waals surface area contributed by atoms with Gasteiger partial charge in [-0.15, -0.1) is 0 Å². The molecule has 5 atom stereocenters. The monoisotopic (exact) mass is 253 g/mol. The molecule has 0 aromatic carbocycles. The molecule has 2 aliphatic rings. The molecule has 18 heavy (non-hydrogen) atoms. The fourth-order valence-electron chi connectivity index (χ4n) is 4.01. The molecule has 2 nitrogen and oxygen atoms in total. The van der Waals surface area contributed by atoms with Crippen LogP contribution >= 0.6 is 0 Å². The fourth-order valence-corrected chi connectivity index (χ4v) is 4.01. The average molecular weight is 253 g/mol. The molecule has 0 spiro atoms. The van der Waals surface area contributed by atoms with Crippen molar-refractivity contribution in [3.63, 3.8) is 0 Å². The largest absolute Gasteiger partial charge is 0.393 e. The van der Waals surface area contributed by atoms with Crippen LogP contribution in [0.4, 0.5) is 0 Å². The third-order valence-corrected chi connectivity index (χ3v) is 5.12. The highest BCUT2D eigenvalue weighted by Crippen LogP contribution is 2.34. The summed E-state index contributed by atoms with van der Waals surface area (Å²) in [5.41, 5.74) is 0. The van der Waals surface area contributed by atoms with Crippen LogP contribution in [0.2, 0.25) is 0 Å². The summed E-state index contributed by atoms with van der Waals surface area (Å²) in [4.78, 5) is 0. The topological polar surface area (TPSA) is 32.3 Å². The van der Waals surface area contributed by atoms with Crippen molar-refractivity contribution in [2.24, 2.45) is 17.8 Å². The number of nitrogens with one attached hydrogen (secondary N) is 1. The molecule has 0 amide bonds. The van der Waals surface area contributed by atoms with Gasteiger partial charge in [0.25, 0.3) is 0 Å². The molecule has 0 bridgehead atoms. The molecule has 0 saturated heterocycles. The second-order valence-corrected chi connectivity index (χ2v) is 7.12. The quantitative estimate of drug-likeness (QED) is 0.808. The maximum Gasteiger partial charge on any atom is 0.0555 e. The van der Waals surface area contributed by atoms with E-state index in [9.17, 15) is 5.11 Å². The molecule has 2 heteroatoms. The predicted octanol–water partition coefficient (Wildman–Crippen LogP) is 3.34. The zero-order valence-electron chi connectivity index (χ0n) is 12.4. The second-order valence-electron chi connectivity index (χ2n) is 7.12. The lowest BCUT2D eigenvalue weighted by atomic mass is 9.73. The maximum absolute atomic E-state index is 9.80. The van der Waals surface area contributed by atoms with Gasteiger partial charge in [0.1, 0.15) is 0 Å². The van der Waals surface area contributed by atoms with Gasteiger partial charge in [0, 0.05) is 12.1 Å². The summed E-state index contributed by atoms with van der Waals surface area (Å²) in [6, 6.07) is 1.24. The van der Waals surface area contributed by atoms with Crippen LogP contribution in [0.3, 0.4) is 0 Å². The van der Waals surface area contributed by atoms with E-state index in [1.165, 1.54) is 32.1 Å². The lowest BCUT2D eigenvalue weighted by Gasteiger charge is -2.41. The van der Waals surface area contributed by atoms with Gasteiger partial charge in [0.15, 0.2) is 0 Å². The Labute approximate surface area is 113 Å². The molecular formula is C16H31NO. The van der Waals surface area contributed by atoms with Crippen LogP contribution in [-0.2, 0) is 0 Å². The summed E-state index contributed by atoms with van der Waals surface area (Å²) in [5, 5.41) is 13.7. The smallest absolute Gasteiger partial charge is 0.0555 e. The first-order valence-electron chi connectivity index (χ1n) is 8.00. The summed E-state index contributed by atoms with van der Waals surface area (Å²) < 4.78 is 0. The molecule has 2 fully saturated rings. The van der Waals surface area contributed by atoms with Gasteiger partial charge in [0.2, 0.25) is 0 Å². The van der Waals surface area contributed by atoms with E-state index < -0.39 is 0 Å². The molecule has 0 aromatic heterocycles. The van der Waals surface area contributed by atoms with Crippen molar-refractivity contribution >= 4 is 0 Å². The Morgan fingerprint density at radius 2 is 1.83 bits per heavy atom. The standard InChI is InChI=1S/C16H31NO/c1-11(2)15-8-7-12(3)9-16(15)17-13-5-4-6-14(18)10-13/h11-18H,4-10H2,1-3H3. The molecule has 106 valence electrons. The first-order valence-corrected chi connectivity index (χ1v) is 8.00. The lowest BCUT2D eigenvalue weighted by Crippen LogP contribution is -2.49. The van der Waals surface area contributed by atoms with Crippen molar-refractivity contribution in [3.8, 4) is 0 Å². The average Bonchev–Trinajstić information content (AvgIpc) is 2.28. The summed E-state index contributed by atoms with van der Waals surface area (Å²) in [6.07, 6.45) is 8.47. The van der Waals surface area contributed by atoms with Gasteiger partial charge in [-0.05, 0) is 56.3 Å². The normalized spacial score (nSPS) is 42.2. The van der Waals surface area contributed by atoms with E-state index in [4.69, 9.17) is 0 Å². The highest BCUT2D eigenvalue weighted by molar-refractivity contribution is 4.89. The number of aliphatic hydroxyl groups is 1. The molecular weight excluding hydrogens is 222 g/mol. The van der Waals surface area contributed by atoms with Gasteiger partial charge in [-0.25, -0.2) is 0 Å². The number of rotatable bonds is 3. The van der Waals surface area contributed by atoms with Crippen molar-refractivity contribution in [2.45, 2.75) is 83.9 Å². The molecule has 0 aliphatic heterocycles. The first kappa shape index (κ1) is 14.3. The number of hydrogen-bond donors (Lipinski definition) is 2. The minimum atomic E-state index is -0.0604. The van der Waals surface area contributed by atoms with Crippen LogP contribution in [-0.4, -0.2) is 23.3 Å². The minimum absolute atomic E-state index is 0.0604. The summed E-state index contributed by atoms with van der Waals surface area (Å²) >= 11 is 0. The minimum Gasteiger partial charge on any atom is -0.393 e. The SMILES string of the molecule is CC1CCC(C(C)C)C(NC2CCCC(O)C2)C1. The summed E-state index contributed by atoms with van der Waals surface area (Å²) in [7, 11) is 0. The van der Waals surface area contributed by atoms with Crippen molar-refractivity contribution in [1.29, 1.82) is 0 Å². The van der Waals surface area contributed by atoms with E-state index in [0.29, 0.717) is 12.1 Å². The fraction of sp³-hybridized carbons (Fsp3) is 1.00. The van der Waals surface area contributed by atoms with Gasteiger partial charge in [-0.2, -0.15) is 0 Å². The molecule has 2 aliphatic carbocycles. The lowest BCUT2D eigenvalue weighted by molar-refractivity contribution is 0.0913. The Balaban J connectivity index is 1.91. The highest BCUT2D eigenvalue weighted by Gasteiger charge is 2.32. The summed E-state index contributed by atoms with van der Waals surface area (Å²) in [6.45, 7) is 7.12. The summed E-state index contributed by atoms with van der Waals surface area (Å²) in [5.74, 6) is 2.48. The van der Waals surface area contributed by atoms with E-state index in [2.05, 4.69) is 26.1 Å². The van der Waals surface area contributed by atoms with Crippen molar-refractivity contribution in [3.05, 3.63) is 0 Å². The molecule has 2 rings (SSSR count). The van der Waals surface area contributed by atoms with Crippen LogP contribution in [0.5, 0.6) is 0 Å².